The van der Waals surface area contributed by atoms with Gasteiger partial charge >= 0.3 is 0 Å². The molecule has 1 unspecified atom stereocenters. The van der Waals surface area contributed by atoms with Crippen LogP contribution in [0, 0.1) is 17.3 Å². The number of rotatable bonds is 0. The van der Waals surface area contributed by atoms with Crippen LogP contribution in [0.4, 0.5) is 0 Å². The van der Waals surface area contributed by atoms with Crippen LogP contribution in [0.1, 0.15) is 52.9 Å². The molecule has 2 atom stereocenters. The van der Waals surface area contributed by atoms with Gasteiger partial charge in [-0.05, 0) is 56.3 Å². The molecule has 0 spiro atoms. The van der Waals surface area contributed by atoms with Crippen LogP contribution < -0.4 is 0 Å². The maximum absolute atomic E-state index is 4.32. The highest BCUT2D eigenvalue weighted by Gasteiger charge is 2.38. The van der Waals surface area contributed by atoms with Gasteiger partial charge < -0.3 is 0 Å². The van der Waals surface area contributed by atoms with Crippen LogP contribution in [-0.4, -0.2) is 0 Å². The topological polar surface area (TPSA) is 0 Å². The van der Waals surface area contributed by atoms with Crippen LogP contribution in [0.2, 0.25) is 0 Å². The van der Waals surface area contributed by atoms with Gasteiger partial charge in [0.25, 0.3) is 0 Å². The highest BCUT2D eigenvalue weighted by atomic mass is 14.4. The van der Waals surface area contributed by atoms with E-state index in [4.69, 9.17) is 0 Å². The Morgan fingerprint density at radius 1 is 1.33 bits per heavy atom. The summed E-state index contributed by atoms with van der Waals surface area (Å²) in [7, 11) is 0. The summed E-state index contributed by atoms with van der Waals surface area (Å²) < 4.78 is 0. The van der Waals surface area contributed by atoms with Crippen molar-refractivity contribution in [2.75, 3.05) is 0 Å². The third kappa shape index (κ3) is 2.04. The molecule has 2 aliphatic rings. The van der Waals surface area contributed by atoms with E-state index in [1.54, 1.807) is 5.57 Å². The van der Waals surface area contributed by atoms with Gasteiger partial charge in [-0.3, -0.25) is 0 Å². The van der Waals surface area contributed by atoms with Crippen molar-refractivity contribution >= 4 is 0 Å². The van der Waals surface area contributed by atoms with E-state index in [-0.39, 0.29) is 0 Å². The van der Waals surface area contributed by atoms with E-state index in [2.05, 4.69) is 33.4 Å². The van der Waals surface area contributed by atoms with Crippen molar-refractivity contribution in [1.82, 2.24) is 0 Å². The highest BCUT2D eigenvalue weighted by Crippen LogP contribution is 2.49. The summed E-state index contributed by atoms with van der Waals surface area (Å²) in [5, 5.41) is 0. The first-order valence-corrected chi connectivity index (χ1v) is 6.36. The Bertz CT molecular complexity index is 293. The molecular weight excluding hydrogens is 180 g/mol. The molecule has 0 aliphatic heterocycles. The zero-order valence-corrected chi connectivity index (χ0v) is 10.5. The largest absolute Gasteiger partial charge is 0.0996 e. The van der Waals surface area contributed by atoms with E-state index in [1.165, 1.54) is 37.7 Å². The number of hydrogen-bond acceptors (Lipinski definition) is 0. The third-order valence-corrected chi connectivity index (χ3v) is 4.49. The maximum Gasteiger partial charge on any atom is -0.0114 e. The summed E-state index contributed by atoms with van der Waals surface area (Å²) in [5.74, 6) is 1.52. The fraction of sp³-hybridized carbons (Fsp3) is 0.733. The highest BCUT2D eigenvalue weighted by molar-refractivity contribution is 5.19. The van der Waals surface area contributed by atoms with Gasteiger partial charge in [0, 0.05) is 0 Å². The van der Waals surface area contributed by atoms with Gasteiger partial charge in [0.1, 0.15) is 0 Å². The number of allylic oxidation sites excluding steroid dienone is 3. The molecule has 0 heterocycles. The Morgan fingerprint density at radius 3 is 2.80 bits per heavy atom. The average molecular weight is 204 g/mol. The molecule has 15 heavy (non-hydrogen) atoms. The third-order valence-electron chi connectivity index (χ3n) is 4.49. The molecule has 0 amide bonds. The fourth-order valence-electron chi connectivity index (χ4n) is 3.42. The average Bonchev–Trinajstić information content (AvgIpc) is 2.26. The predicted octanol–water partition coefficient (Wildman–Crippen LogP) is 4.73. The number of fused-ring (bicyclic) bond motifs is 1. The molecule has 0 N–H and O–H groups in total. The Hall–Kier alpha value is -0.520. The summed E-state index contributed by atoms with van der Waals surface area (Å²) >= 11 is 0. The molecule has 1 fully saturated rings. The van der Waals surface area contributed by atoms with Gasteiger partial charge in [-0.2, -0.15) is 0 Å². The molecule has 84 valence electrons. The van der Waals surface area contributed by atoms with Gasteiger partial charge in [-0.25, -0.2) is 0 Å². The Balaban J connectivity index is 2.34. The second-order valence-electron chi connectivity index (χ2n) is 6.18. The summed E-state index contributed by atoms with van der Waals surface area (Å²) in [6, 6.07) is 0. The van der Waals surface area contributed by atoms with Gasteiger partial charge in [-0.15, -0.1) is 0 Å². The van der Waals surface area contributed by atoms with Crippen LogP contribution in [0.25, 0.3) is 0 Å². The molecule has 2 rings (SSSR count). The summed E-state index contributed by atoms with van der Waals surface area (Å²) in [6.07, 6.45) is 9.14. The van der Waals surface area contributed by atoms with E-state index in [1.807, 2.05) is 0 Å². The van der Waals surface area contributed by atoms with Crippen molar-refractivity contribution in [1.29, 1.82) is 0 Å². The van der Waals surface area contributed by atoms with Crippen molar-refractivity contribution in [3.63, 3.8) is 0 Å². The van der Waals surface area contributed by atoms with Gasteiger partial charge in [0.05, 0.1) is 0 Å². The molecule has 0 radical (unpaired) electrons. The minimum atomic E-state index is 0.478. The minimum Gasteiger partial charge on any atom is -0.0996 e. The van der Waals surface area contributed by atoms with Crippen LogP contribution in [0.5, 0.6) is 0 Å². The molecule has 1 saturated carbocycles. The molecule has 0 saturated heterocycles. The standard InChI is InChI=1S/C15H24/c1-11-7-8-13-12(2)6-5-9-15(3,4)14(13)10-11/h10,13-14H,2,5-9H2,1,3-4H3/t13?,14-/m1/s1. The Labute approximate surface area is 94.5 Å². The summed E-state index contributed by atoms with van der Waals surface area (Å²) in [4.78, 5) is 0. The fourth-order valence-corrected chi connectivity index (χ4v) is 3.42. The van der Waals surface area contributed by atoms with Gasteiger partial charge in [0.2, 0.25) is 0 Å². The van der Waals surface area contributed by atoms with Crippen LogP contribution in [0.3, 0.4) is 0 Å². The first-order chi connectivity index (χ1) is 7.00. The van der Waals surface area contributed by atoms with E-state index in [9.17, 15) is 0 Å². The van der Waals surface area contributed by atoms with Crippen molar-refractivity contribution in [2.45, 2.75) is 52.9 Å². The monoisotopic (exact) mass is 204 g/mol. The van der Waals surface area contributed by atoms with E-state index in [0.29, 0.717) is 5.41 Å². The molecule has 0 aromatic carbocycles. The van der Waals surface area contributed by atoms with E-state index < -0.39 is 0 Å². The zero-order valence-electron chi connectivity index (χ0n) is 10.5. The molecule has 0 aromatic rings. The predicted molar refractivity (Wildman–Crippen MR) is 66.7 cm³/mol. The van der Waals surface area contributed by atoms with Crippen molar-refractivity contribution in [3.05, 3.63) is 23.8 Å². The minimum absolute atomic E-state index is 0.478. The molecule has 0 aromatic heterocycles. The molecule has 0 nitrogen and oxygen atoms in total. The van der Waals surface area contributed by atoms with Crippen molar-refractivity contribution in [2.24, 2.45) is 17.3 Å². The van der Waals surface area contributed by atoms with Crippen LogP contribution in [-0.2, 0) is 0 Å². The zero-order chi connectivity index (χ0) is 11.1. The molecular formula is C15H24. The van der Waals surface area contributed by atoms with Crippen LogP contribution in [0.15, 0.2) is 23.8 Å². The maximum atomic E-state index is 4.32. The second-order valence-corrected chi connectivity index (χ2v) is 6.18. The SMILES string of the molecule is C=C1CCCC(C)(C)[C@@H]2C=C(C)CCC12. The first-order valence-electron chi connectivity index (χ1n) is 6.36. The molecule has 0 bridgehead atoms. The quantitative estimate of drug-likeness (QED) is 0.501. The Kier molecular flexibility index (Phi) is 2.79. The second kappa shape index (κ2) is 3.81. The van der Waals surface area contributed by atoms with Gasteiger partial charge in [0.15, 0.2) is 0 Å². The van der Waals surface area contributed by atoms with E-state index >= 15 is 0 Å². The Morgan fingerprint density at radius 2 is 2.07 bits per heavy atom. The van der Waals surface area contributed by atoms with Gasteiger partial charge in [-0.1, -0.05) is 37.6 Å². The normalized spacial score (nSPS) is 35.4. The van der Waals surface area contributed by atoms with Crippen LogP contribution >= 0.6 is 0 Å². The lowest BCUT2D eigenvalue weighted by atomic mass is 9.65. The number of hydrogen-bond donors (Lipinski definition) is 0. The lowest BCUT2D eigenvalue weighted by Gasteiger charge is -2.39. The smallest absolute Gasteiger partial charge is 0.0114 e. The molecule has 2 aliphatic carbocycles. The van der Waals surface area contributed by atoms with E-state index in [0.717, 1.165) is 11.8 Å². The lowest BCUT2D eigenvalue weighted by Crippen LogP contribution is -2.30. The first kappa shape index (κ1) is 11.0. The van der Waals surface area contributed by atoms with Crippen molar-refractivity contribution in [3.8, 4) is 0 Å². The summed E-state index contributed by atoms with van der Waals surface area (Å²) in [6.45, 7) is 11.5. The lowest BCUT2D eigenvalue weighted by molar-refractivity contribution is 0.186. The summed E-state index contributed by atoms with van der Waals surface area (Å²) in [5.41, 5.74) is 3.60. The van der Waals surface area contributed by atoms with Crippen molar-refractivity contribution < 1.29 is 0 Å². The molecule has 0 heteroatoms.